The van der Waals surface area contributed by atoms with Crippen molar-refractivity contribution in [3.8, 4) is 0 Å². The van der Waals surface area contributed by atoms with E-state index in [1.807, 2.05) is 0 Å². The van der Waals surface area contributed by atoms with Gasteiger partial charge in [0.25, 0.3) is 0 Å². The van der Waals surface area contributed by atoms with E-state index in [0.717, 1.165) is 19.3 Å². The van der Waals surface area contributed by atoms with Gasteiger partial charge in [-0.15, -0.1) is 0 Å². The Labute approximate surface area is 124 Å². The van der Waals surface area contributed by atoms with Gasteiger partial charge in [-0.3, -0.25) is 9.59 Å². The molecule has 114 valence electrons. The molecule has 2 N–H and O–H groups in total. The third kappa shape index (κ3) is 2.88. The van der Waals surface area contributed by atoms with E-state index in [4.69, 9.17) is 4.74 Å². The summed E-state index contributed by atoms with van der Waals surface area (Å²) in [6.45, 7) is 0.578. The number of carboxylic acid groups (broad SMARTS) is 1. The quantitative estimate of drug-likeness (QED) is 0.755. The van der Waals surface area contributed by atoms with Gasteiger partial charge in [0.15, 0.2) is 0 Å². The first-order valence-corrected chi connectivity index (χ1v) is 7.69. The van der Waals surface area contributed by atoms with E-state index in [1.54, 1.807) is 12.2 Å². The predicted molar refractivity (Wildman–Crippen MR) is 76.6 cm³/mol. The second-order valence-electron chi connectivity index (χ2n) is 5.99. The number of hydrogen-bond acceptors (Lipinski definition) is 3. The molecule has 5 heteroatoms. The zero-order valence-electron chi connectivity index (χ0n) is 12.0. The van der Waals surface area contributed by atoms with Gasteiger partial charge in [0.05, 0.1) is 18.1 Å². The summed E-state index contributed by atoms with van der Waals surface area (Å²) in [5, 5.41) is 12.2. The number of rotatable bonds is 5. The molecule has 1 saturated heterocycles. The summed E-state index contributed by atoms with van der Waals surface area (Å²) in [5.74, 6) is -2.51. The summed E-state index contributed by atoms with van der Waals surface area (Å²) in [5.41, 5.74) is 1.40. The highest BCUT2D eigenvalue weighted by Crippen LogP contribution is 2.39. The Morgan fingerprint density at radius 3 is 2.67 bits per heavy atom. The van der Waals surface area contributed by atoms with Gasteiger partial charge in [-0.2, -0.15) is 0 Å². The average Bonchev–Trinajstić information content (AvgIpc) is 3.08. The van der Waals surface area contributed by atoms with Gasteiger partial charge in [0.1, 0.15) is 5.92 Å². The summed E-state index contributed by atoms with van der Waals surface area (Å²) in [6, 6.07) is 0. The average molecular weight is 291 g/mol. The molecule has 0 aromatic rings. The van der Waals surface area contributed by atoms with Crippen molar-refractivity contribution in [1.29, 1.82) is 0 Å². The normalized spacial score (nSPS) is 33.8. The van der Waals surface area contributed by atoms with E-state index in [-0.39, 0.29) is 12.0 Å². The highest BCUT2D eigenvalue weighted by atomic mass is 16.5. The Balaban J connectivity index is 1.54. The van der Waals surface area contributed by atoms with Crippen LogP contribution in [0.1, 0.15) is 32.1 Å². The maximum atomic E-state index is 12.3. The van der Waals surface area contributed by atoms with Crippen LogP contribution in [0.5, 0.6) is 0 Å². The lowest BCUT2D eigenvalue weighted by Crippen LogP contribution is -2.42. The number of carboxylic acids is 1. The minimum atomic E-state index is -0.956. The molecule has 0 spiro atoms. The van der Waals surface area contributed by atoms with Gasteiger partial charge < -0.3 is 15.2 Å². The summed E-state index contributed by atoms with van der Waals surface area (Å²) in [4.78, 5) is 23.6. The molecule has 0 saturated carbocycles. The lowest BCUT2D eigenvalue weighted by atomic mass is 9.82. The summed E-state index contributed by atoms with van der Waals surface area (Å²) in [7, 11) is 0. The zero-order valence-corrected chi connectivity index (χ0v) is 12.0. The van der Waals surface area contributed by atoms with Crippen LogP contribution in [-0.4, -0.2) is 35.7 Å². The van der Waals surface area contributed by atoms with Crippen LogP contribution in [0.15, 0.2) is 23.8 Å². The van der Waals surface area contributed by atoms with E-state index in [2.05, 4.69) is 11.4 Å². The van der Waals surface area contributed by atoms with E-state index >= 15 is 0 Å². The standard InChI is InChI=1S/C16H21NO4/c18-15(17-9-8-10-4-2-1-3-5-10)13-11-6-7-12(21-11)14(13)16(19)20/h4,6-7,11-14H,1-3,5,8-9H2,(H,17,18)(H,19,20)/t11-,12+,13+,14-/m1/s1. The first-order chi connectivity index (χ1) is 10.2. The van der Waals surface area contributed by atoms with E-state index in [0.29, 0.717) is 6.54 Å². The fourth-order valence-corrected chi connectivity index (χ4v) is 3.51. The fraction of sp³-hybridized carbons (Fsp3) is 0.625. The second-order valence-corrected chi connectivity index (χ2v) is 5.99. The number of carbonyl (C=O) groups excluding carboxylic acids is 1. The van der Waals surface area contributed by atoms with Crippen LogP contribution < -0.4 is 5.32 Å². The lowest BCUT2D eigenvalue weighted by Gasteiger charge is -2.21. The molecular formula is C16H21NO4. The van der Waals surface area contributed by atoms with E-state index in [1.165, 1.54) is 18.4 Å². The minimum absolute atomic E-state index is 0.198. The first kappa shape index (κ1) is 14.3. The smallest absolute Gasteiger partial charge is 0.310 e. The van der Waals surface area contributed by atoms with Crippen molar-refractivity contribution in [1.82, 2.24) is 5.32 Å². The van der Waals surface area contributed by atoms with Crippen LogP contribution in [0.2, 0.25) is 0 Å². The molecular weight excluding hydrogens is 270 g/mol. The molecule has 4 atom stereocenters. The molecule has 2 bridgehead atoms. The number of fused-ring (bicyclic) bond motifs is 2. The molecule has 5 nitrogen and oxygen atoms in total. The highest BCUT2D eigenvalue weighted by molar-refractivity contribution is 5.87. The summed E-state index contributed by atoms with van der Waals surface area (Å²) in [6.07, 6.45) is 10.6. The maximum absolute atomic E-state index is 12.3. The van der Waals surface area contributed by atoms with Crippen molar-refractivity contribution in [3.63, 3.8) is 0 Å². The molecule has 1 amide bonds. The van der Waals surface area contributed by atoms with Gasteiger partial charge in [0, 0.05) is 6.54 Å². The van der Waals surface area contributed by atoms with Crippen molar-refractivity contribution in [2.75, 3.05) is 6.54 Å². The topological polar surface area (TPSA) is 75.6 Å². The SMILES string of the molecule is O=C(NCCC1=CCCCC1)[C@@H]1[C@H](C(=O)O)[C@@H]2C=C[C@H]1O2. The highest BCUT2D eigenvalue weighted by Gasteiger charge is 2.53. The Kier molecular flexibility index (Phi) is 4.10. The molecule has 0 aromatic heterocycles. The van der Waals surface area contributed by atoms with Crippen molar-refractivity contribution in [2.45, 2.75) is 44.3 Å². The van der Waals surface area contributed by atoms with Gasteiger partial charge in [-0.25, -0.2) is 0 Å². The van der Waals surface area contributed by atoms with Crippen LogP contribution in [0, 0.1) is 11.8 Å². The first-order valence-electron chi connectivity index (χ1n) is 7.69. The van der Waals surface area contributed by atoms with E-state index in [9.17, 15) is 14.7 Å². The Bertz CT molecular complexity index is 497. The molecule has 0 radical (unpaired) electrons. The van der Waals surface area contributed by atoms with Crippen LogP contribution in [0.3, 0.4) is 0 Å². The Morgan fingerprint density at radius 1 is 1.24 bits per heavy atom. The monoisotopic (exact) mass is 291 g/mol. The van der Waals surface area contributed by atoms with Gasteiger partial charge in [-0.05, 0) is 32.1 Å². The van der Waals surface area contributed by atoms with Crippen molar-refractivity contribution < 1.29 is 19.4 Å². The molecule has 0 unspecified atom stereocenters. The molecule has 0 aromatic carbocycles. The molecule has 2 heterocycles. The third-order valence-electron chi connectivity index (χ3n) is 4.62. The summed E-state index contributed by atoms with van der Waals surface area (Å²) < 4.78 is 5.51. The number of nitrogens with one attached hydrogen (secondary N) is 1. The van der Waals surface area contributed by atoms with Crippen LogP contribution in [-0.2, 0) is 14.3 Å². The number of amides is 1. The van der Waals surface area contributed by atoms with Crippen molar-refractivity contribution >= 4 is 11.9 Å². The molecule has 3 aliphatic rings. The molecule has 2 aliphatic heterocycles. The van der Waals surface area contributed by atoms with Gasteiger partial charge in [0.2, 0.25) is 5.91 Å². The number of allylic oxidation sites excluding steroid dienone is 1. The molecule has 3 rings (SSSR count). The number of ether oxygens (including phenoxy) is 1. The number of aliphatic carboxylic acids is 1. The maximum Gasteiger partial charge on any atom is 0.310 e. The van der Waals surface area contributed by atoms with Crippen molar-refractivity contribution in [3.05, 3.63) is 23.8 Å². The zero-order chi connectivity index (χ0) is 14.8. The largest absolute Gasteiger partial charge is 0.481 e. The number of hydrogen-bond donors (Lipinski definition) is 2. The Hall–Kier alpha value is -1.62. The lowest BCUT2D eigenvalue weighted by molar-refractivity contribution is -0.146. The van der Waals surface area contributed by atoms with Gasteiger partial charge >= 0.3 is 5.97 Å². The van der Waals surface area contributed by atoms with Gasteiger partial charge in [-0.1, -0.05) is 23.8 Å². The van der Waals surface area contributed by atoms with E-state index < -0.39 is 23.9 Å². The predicted octanol–water partition coefficient (Wildman–Crippen LogP) is 1.65. The fourth-order valence-electron chi connectivity index (χ4n) is 3.51. The molecule has 1 fully saturated rings. The van der Waals surface area contributed by atoms with Crippen LogP contribution in [0.4, 0.5) is 0 Å². The van der Waals surface area contributed by atoms with Crippen LogP contribution >= 0.6 is 0 Å². The summed E-state index contributed by atoms with van der Waals surface area (Å²) >= 11 is 0. The van der Waals surface area contributed by atoms with Crippen LogP contribution in [0.25, 0.3) is 0 Å². The second kappa shape index (κ2) is 6.02. The number of carbonyl (C=O) groups is 2. The van der Waals surface area contributed by atoms with Crippen molar-refractivity contribution in [2.24, 2.45) is 11.8 Å². The third-order valence-corrected chi connectivity index (χ3v) is 4.62. The Morgan fingerprint density at radius 2 is 2.00 bits per heavy atom. The molecule has 1 aliphatic carbocycles. The molecule has 21 heavy (non-hydrogen) atoms. The minimum Gasteiger partial charge on any atom is -0.481 e.